The molecular weight excluding hydrogens is 448 g/mol. The van der Waals surface area contributed by atoms with Gasteiger partial charge in [-0.25, -0.2) is 0 Å². The second-order valence-corrected chi connectivity index (χ2v) is 7.96. The predicted octanol–water partition coefficient (Wildman–Crippen LogP) is 3.74. The Bertz CT molecular complexity index is 1250. The van der Waals surface area contributed by atoms with Gasteiger partial charge in [0.1, 0.15) is 24.9 Å². The van der Waals surface area contributed by atoms with E-state index in [0.29, 0.717) is 23.7 Å². The monoisotopic (exact) mass is 474 g/mol. The van der Waals surface area contributed by atoms with E-state index in [1.165, 1.54) is 14.0 Å². The first-order chi connectivity index (χ1) is 16.7. The molecule has 2 aromatic rings. The van der Waals surface area contributed by atoms with Crippen LogP contribution in [0.25, 0.3) is 6.08 Å². The molecule has 1 aliphatic heterocycles. The molecule has 0 atom stereocenters. The Morgan fingerprint density at radius 3 is 2.40 bits per heavy atom. The molecule has 2 aromatic carbocycles. The van der Waals surface area contributed by atoms with E-state index < -0.39 is 17.8 Å². The number of ether oxygens (including phenoxy) is 3. The van der Waals surface area contributed by atoms with Gasteiger partial charge in [-0.2, -0.15) is 5.26 Å². The molecule has 0 radical (unpaired) electrons. The van der Waals surface area contributed by atoms with Crippen LogP contribution in [0.15, 0.2) is 59.2 Å². The van der Waals surface area contributed by atoms with E-state index in [4.69, 9.17) is 14.2 Å². The van der Waals surface area contributed by atoms with Crippen LogP contribution in [-0.4, -0.2) is 42.9 Å². The van der Waals surface area contributed by atoms with E-state index in [-0.39, 0.29) is 29.9 Å². The molecule has 0 fully saturated rings. The second kappa shape index (κ2) is 11.2. The van der Waals surface area contributed by atoms with E-state index in [2.05, 4.69) is 0 Å². The minimum atomic E-state index is -0.711. The summed E-state index contributed by atoms with van der Waals surface area (Å²) in [5.74, 6) is -0.802. The van der Waals surface area contributed by atoms with Gasteiger partial charge in [0.05, 0.1) is 13.7 Å². The predicted molar refractivity (Wildman–Crippen MR) is 128 cm³/mol. The van der Waals surface area contributed by atoms with Crippen molar-refractivity contribution >= 4 is 23.9 Å². The van der Waals surface area contributed by atoms with Gasteiger partial charge in [-0.1, -0.05) is 35.9 Å². The Morgan fingerprint density at radius 2 is 1.77 bits per heavy atom. The zero-order valence-electron chi connectivity index (χ0n) is 20.1. The Morgan fingerprint density at radius 1 is 1.06 bits per heavy atom. The number of hydrogen-bond acceptors (Lipinski definition) is 7. The highest BCUT2D eigenvalue weighted by Gasteiger charge is 2.35. The number of esters is 1. The summed E-state index contributed by atoms with van der Waals surface area (Å²) in [6, 6.07) is 15.1. The average molecular weight is 475 g/mol. The lowest BCUT2D eigenvalue weighted by atomic mass is 9.93. The number of methoxy groups -OCH3 is 1. The molecule has 1 heterocycles. The number of hydrogen-bond donors (Lipinski definition) is 0. The summed E-state index contributed by atoms with van der Waals surface area (Å²) in [5.41, 5.74) is 3.14. The van der Waals surface area contributed by atoms with E-state index in [0.717, 1.165) is 16.0 Å². The van der Waals surface area contributed by atoms with Crippen molar-refractivity contribution in [2.75, 3.05) is 20.3 Å². The van der Waals surface area contributed by atoms with Gasteiger partial charge in [-0.15, -0.1) is 0 Å². The van der Waals surface area contributed by atoms with Crippen LogP contribution in [0.3, 0.4) is 0 Å². The fraction of sp³-hybridized carbons (Fsp3) is 0.259. The van der Waals surface area contributed by atoms with Crippen LogP contribution in [0.4, 0.5) is 0 Å². The Balaban J connectivity index is 1.87. The zero-order valence-corrected chi connectivity index (χ0v) is 20.1. The first kappa shape index (κ1) is 25.2. The fourth-order valence-electron chi connectivity index (χ4n) is 3.52. The first-order valence-electron chi connectivity index (χ1n) is 10.9. The lowest BCUT2D eigenvalue weighted by molar-refractivity contribution is -0.147. The molecule has 35 heavy (non-hydrogen) atoms. The summed E-state index contributed by atoms with van der Waals surface area (Å²) in [6.07, 6.45) is 1.59. The third-order valence-electron chi connectivity index (χ3n) is 5.46. The first-order valence-corrected chi connectivity index (χ1v) is 10.9. The Hall–Kier alpha value is -4.38. The van der Waals surface area contributed by atoms with Crippen LogP contribution < -0.4 is 9.47 Å². The maximum Gasteiger partial charge on any atom is 0.302 e. The maximum absolute atomic E-state index is 13.1. The van der Waals surface area contributed by atoms with Gasteiger partial charge in [-0.3, -0.25) is 19.3 Å². The third-order valence-corrected chi connectivity index (χ3v) is 5.46. The molecule has 0 aromatic heterocycles. The number of nitriles is 1. The van der Waals surface area contributed by atoms with E-state index in [1.807, 2.05) is 37.3 Å². The van der Waals surface area contributed by atoms with Crippen LogP contribution in [0.5, 0.6) is 11.5 Å². The van der Waals surface area contributed by atoms with Crippen molar-refractivity contribution in [3.05, 3.63) is 75.9 Å². The fourth-order valence-corrected chi connectivity index (χ4v) is 3.52. The van der Waals surface area contributed by atoms with Crippen molar-refractivity contribution in [2.24, 2.45) is 0 Å². The van der Waals surface area contributed by atoms with Crippen molar-refractivity contribution in [2.45, 2.75) is 27.4 Å². The van der Waals surface area contributed by atoms with Crippen molar-refractivity contribution in [1.82, 2.24) is 4.90 Å². The number of carbonyl (C=O) groups excluding carboxylic acids is 3. The van der Waals surface area contributed by atoms with Crippen LogP contribution in [0.2, 0.25) is 0 Å². The van der Waals surface area contributed by atoms with E-state index in [9.17, 15) is 19.6 Å². The number of aryl methyl sites for hydroxylation is 1. The molecule has 1 aliphatic rings. The third kappa shape index (κ3) is 5.95. The summed E-state index contributed by atoms with van der Waals surface area (Å²) >= 11 is 0. The number of rotatable bonds is 8. The van der Waals surface area contributed by atoms with Gasteiger partial charge >= 0.3 is 5.97 Å². The van der Waals surface area contributed by atoms with Crippen LogP contribution in [0, 0.1) is 18.3 Å². The second-order valence-electron chi connectivity index (χ2n) is 7.96. The van der Waals surface area contributed by atoms with E-state index in [1.54, 1.807) is 31.2 Å². The molecule has 0 aliphatic carbocycles. The molecule has 0 unspecified atom stereocenters. The average Bonchev–Trinajstić information content (AvgIpc) is 2.84. The highest BCUT2D eigenvalue weighted by Crippen LogP contribution is 2.32. The molecule has 0 bridgehead atoms. The standard InChI is InChI=1S/C27H26N2O6/c1-17-5-7-20(8-6-17)16-35-24-10-9-21(14-25(24)33-4)13-22-18(2)23(15-28)27(32)29(26(22)31)11-12-34-19(3)30/h5-10,13-14H,11-12,16H2,1-4H3/b22-13+. The Kier molecular flexibility index (Phi) is 8.05. The zero-order chi connectivity index (χ0) is 25.5. The number of amides is 2. The number of benzene rings is 2. The molecule has 180 valence electrons. The smallest absolute Gasteiger partial charge is 0.302 e. The number of nitrogens with zero attached hydrogens (tertiary/aromatic N) is 2. The van der Waals surface area contributed by atoms with Gasteiger partial charge in [0.25, 0.3) is 11.8 Å². The maximum atomic E-state index is 13.1. The molecule has 0 saturated heterocycles. The number of carbonyl (C=O) groups is 3. The molecule has 0 spiro atoms. The van der Waals surface area contributed by atoms with Crippen LogP contribution in [-0.2, 0) is 25.7 Å². The molecule has 2 amide bonds. The molecule has 8 heteroatoms. The minimum Gasteiger partial charge on any atom is -0.493 e. The normalized spacial score (nSPS) is 14.7. The topological polar surface area (TPSA) is 106 Å². The van der Waals surface area contributed by atoms with Crippen molar-refractivity contribution < 1.29 is 28.6 Å². The van der Waals surface area contributed by atoms with Crippen molar-refractivity contribution in [1.29, 1.82) is 5.26 Å². The lowest BCUT2D eigenvalue weighted by Gasteiger charge is -2.27. The summed E-state index contributed by atoms with van der Waals surface area (Å²) in [5, 5.41) is 9.50. The van der Waals surface area contributed by atoms with Crippen molar-refractivity contribution in [3.63, 3.8) is 0 Å². The summed E-state index contributed by atoms with van der Waals surface area (Å²) in [6.45, 7) is 4.87. The van der Waals surface area contributed by atoms with Gasteiger partial charge < -0.3 is 14.2 Å². The molecule has 0 saturated carbocycles. The van der Waals surface area contributed by atoms with E-state index >= 15 is 0 Å². The summed E-state index contributed by atoms with van der Waals surface area (Å²) in [7, 11) is 1.52. The minimum absolute atomic E-state index is 0.135. The largest absolute Gasteiger partial charge is 0.493 e. The lowest BCUT2D eigenvalue weighted by Crippen LogP contribution is -2.44. The van der Waals surface area contributed by atoms with Crippen LogP contribution in [0.1, 0.15) is 30.5 Å². The van der Waals surface area contributed by atoms with Gasteiger partial charge in [0.2, 0.25) is 0 Å². The SMILES string of the molecule is COc1cc(/C=C2/C(=O)N(CCOC(C)=O)C(=O)C(C#N)=C2C)ccc1OCc1ccc(C)cc1. The Labute approximate surface area is 204 Å². The summed E-state index contributed by atoms with van der Waals surface area (Å²) < 4.78 is 16.2. The highest BCUT2D eigenvalue weighted by molar-refractivity contribution is 6.19. The van der Waals surface area contributed by atoms with Crippen molar-refractivity contribution in [3.8, 4) is 17.6 Å². The van der Waals surface area contributed by atoms with Gasteiger partial charge in [-0.05, 0) is 48.8 Å². The van der Waals surface area contributed by atoms with Gasteiger partial charge in [0.15, 0.2) is 11.5 Å². The highest BCUT2D eigenvalue weighted by atomic mass is 16.5. The molecule has 3 rings (SSSR count). The number of imide groups is 1. The van der Waals surface area contributed by atoms with Crippen LogP contribution >= 0.6 is 0 Å². The quantitative estimate of drug-likeness (QED) is 0.326. The molecule has 0 N–H and O–H groups in total. The summed E-state index contributed by atoms with van der Waals surface area (Å²) in [4.78, 5) is 37.7. The van der Waals surface area contributed by atoms with Gasteiger partial charge in [0, 0.05) is 12.5 Å². The molecular formula is C27H26N2O6. The molecule has 8 nitrogen and oxygen atoms in total.